The predicted molar refractivity (Wildman–Crippen MR) is 108 cm³/mol. The minimum absolute atomic E-state index is 0.0424. The maximum atomic E-state index is 12.8. The van der Waals surface area contributed by atoms with Crippen LogP contribution in [0.1, 0.15) is 44.0 Å². The number of allylic oxidation sites excluding steroid dienone is 2. The fraction of sp³-hybridized carbons (Fsp3) is 0.476. The summed E-state index contributed by atoms with van der Waals surface area (Å²) in [6.45, 7) is 4.17. The number of para-hydroxylation sites is 1. The van der Waals surface area contributed by atoms with Gasteiger partial charge in [-0.25, -0.2) is 4.98 Å². The zero-order valence-corrected chi connectivity index (χ0v) is 16.5. The van der Waals surface area contributed by atoms with E-state index in [9.17, 15) is 14.7 Å². The summed E-state index contributed by atoms with van der Waals surface area (Å²) in [7, 11) is 0. The lowest BCUT2D eigenvalue weighted by molar-refractivity contribution is -0.142. The lowest BCUT2D eigenvalue weighted by Gasteiger charge is -2.26. The van der Waals surface area contributed by atoms with Crippen LogP contribution in [0.25, 0.3) is 10.2 Å². The highest BCUT2D eigenvalue weighted by Crippen LogP contribution is 2.38. The number of thiazole rings is 1. The van der Waals surface area contributed by atoms with Gasteiger partial charge in [-0.3, -0.25) is 9.59 Å². The molecule has 1 aliphatic rings. The summed E-state index contributed by atoms with van der Waals surface area (Å²) < 4.78 is 1.13. The third kappa shape index (κ3) is 4.75. The van der Waals surface area contributed by atoms with E-state index in [0.717, 1.165) is 21.6 Å². The van der Waals surface area contributed by atoms with Crippen LogP contribution >= 0.6 is 11.3 Å². The van der Waals surface area contributed by atoms with Crippen LogP contribution in [0.3, 0.4) is 0 Å². The van der Waals surface area contributed by atoms with Crippen molar-refractivity contribution in [2.75, 3.05) is 6.54 Å². The van der Waals surface area contributed by atoms with E-state index in [2.05, 4.69) is 11.4 Å². The number of fused-ring (bicyclic) bond motifs is 1. The van der Waals surface area contributed by atoms with E-state index in [-0.39, 0.29) is 30.2 Å². The highest BCUT2D eigenvalue weighted by Gasteiger charge is 2.33. The SMILES string of the molecule is CC(C)CC(CNC(=O)C1CC=CCC1c1nc2ccccc2s1)C(=O)O. The molecule has 1 aromatic heterocycles. The Morgan fingerprint density at radius 3 is 2.70 bits per heavy atom. The molecule has 144 valence electrons. The van der Waals surface area contributed by atoms with E-state index in [0.29, 0.717) is 12.8 Å². The van der Waals surface area contributed by atoms with Crippen molar-refractivity contribution in [3.05, 3.63) is 41.4 Å². The van der Waals surface area contributed by atoms with Crippen molar-refractivity contribution in [3.8, 4) is 0 Å². The van der Waals surface area contributed by atoms with Crippen molar-refractivity contribution in [2.24, 2.45) is 17.8 Å². The van der Waals surface area contributed by atoms with Crippen molar-refractivity contribution >= 4 is 33.4 Å². The van der Waals surface area contributed by atoms with Crippen LogP contribution in [-0.2, 0) is 9.59 Å². The topological polar surface area (TPSA) is 79.3 Å². The third-order valence-corrected chi connectivity index (χ3v) is 6.19. The van der Waals surface area contributed by atoms with E-state index in [1.165, 1.54) is 0 Å². The van der Waals surface area contributed by atoms with Crippen LogP contribution < -0.4 is 5.32 Å². The van der Waals surface area contributed by atoms with Crippen LogP contribution in [0.15, 0.2) is 36.4 Å². The maximum Gasteiger partial charge on any atom is 0.308 e. The number of nitrogens with zero attached hydrogens (tertiary/aromatic N) is 1. The maximum absolute atomic E-state index is 12.8. The molecule has 1 aliphatic carbocycles. The zero-order chi connectivity index (χ0) is 19.4. The zero-order valence-electron chi connectivity index (χ0n) is 15.7. The van der Waals surface area contributed by atoms with Crippen molar-refractivity contribution < 1.29 is 14.7 Å². The number of carbonyl (C=O) groups excluding carboxylic acids is 1. The Balaban J connectivity index is 1.72. The number of amides is 1. The van der Waals surface area contributed by atoms with Gasteiger partial charge in [-0.2, -0.15) is 0 Å². The molecule has 0 fully saturated rings. The van der Waals surface area contributed by atoms with Gasteiger partial charge < -0.3 is 10.4 Å². The van der Waals surface area contributed by atoms with E-state index in [1.807, 2.05) is 44.2 Å². The molecule has 2 N–H and O–H groups in total. The number of benzene rings is 1. The predicted octanol–water partition coefficient (Wildman–Crippen LogP) is 4.21. The molecule has 0 aliphatic heterocycles. The molecule has 2 aromatic rings. The minimum atomic E-state index is -0.852. The van der Waals surface area contributed by atoms with Crippen LogP contribution in [0, 0.1) is 17.8 Å². The van der Waals surface area contributed by atoms with Gasteiger partial charge in [-0.15, -0.1) is 11.3 Å². The number of nitrogens with one attached hydrogen (secondary N) is 1. The molecule has 6 heteroatoms. The first-order valence-electron chi connectivity index (χ1n) is 9.46. The summed E-state index contributed by atoms with van der Waals surface area (Å²) in [6, 6.07) is 8.01. The van der Waals surface area contributed by atoms with Crippen molar-refractivity contribution in [2.45, 2.75) is 39.0 Å². The van der Waals surface area contributed by atoms with Gasteiger partial charge in [0.25, 0.3) is 0 Å². The van der Waals surface area contributed by atoms with Gasteiger partial charge in [-0.05, 0) is 37.3 Å². The molecule has 1 aromatic carbocycles. The van der Waals surface area contributed by atoms with Crippen LogP contribution in [0.2, 0.25) is 0 Å². The average Bonchev–Trinajstić information content (AvgIpc) is 3.08. The summed E-state index contributed by atoms with van der Waals surface area (Å²) in [6.07, 6.45) is 6.15. The number of hydrogen-bond acceptors (Lipinski definition) is 4. The van der Waals surface area contributed by atoms with Crippen molar-refractivity contribution in [3.63, 3.8) is 0 Å². The van der Waals surface area contributed by atoms with Crippen LogP contribution in [0.5, 0.6) is 0 Å². The smallest absolute Gasteiger partial charge is 0.308 e. The molecular weight excluding hydrogens is 360 g/mol. The molecule has 27 heavy (non-hydrogen) atoms. The third-order valence-electron chi connectivity index (χ3n) is 5.02. The Hall–Kier alpha value is -2.21. The molecular formula is C21H26N2O3S. The second-order valence-electron chi connectivity index (χ2n) is 7.59. The first kappa shape index (κ1) is 19.5. The second kappa shape index (κ2) is 8.65. The fourth-order valence-corrected chi connectivity index (χ4v) is 4.77. The molecule has 3 atom stereocenters. The lowest BCUT2D eigenvalue weighted by Crippen LogP contribution is -2.39. The molecule has 1 heterocycles. The molecule has 3 unspecified atom stereocenters. The number of carboxylic acid groups (broad SMARTS) is 1. The van der Waals surface area contributed by atoms with Crippen molar-refractivity contribution in [1.29, 1.82) is 0 Å². The highest BCUT2D eigenvalue weighted by molar-refractivity contribution is 7.18. The number of carboxylic acids is 1. The molecule has 0 saturated carbocycles. The standard InChI is InChI=1S/C21H26N2O3S/c1-13(2)11-14(21(25)26)12-22-19(24)15-7-3-4-8-16(15)20-23-17-9-5-6-10-18(17)27-20/h3-6,9-10,13-16H,7-8,11-12H2,1-2H3,(H,22,24)(H,25,26). The molecule has 0 bridgehead atoms. The fourth-order valence-electron chi connectivity index (χ4n) is 3.62. The monoisotopic (exact) mass is 386 g/mol. The summed E-state index contributed by atoms with van der Waals surface area (Å²) in [5, 5.41) is 13.3. The molecule has 0 radical (unpaired) electrons. The Morgan fingerprint density at radius 1 is 1.26 bits per heavy atom. The number of carbonyl (C=O) groups is 2. The largest absolute Gasteiger partial charge is 0.481 e. The number of hydrogen-bond donors (Lipinski definition) is 2. The summed E-state index contributed by atoms with van der Waals surface area (Å²) >= 11 is 1.64. The number of rotatable bonds is 7. The Morgan fingerprint density at radius 2 is 2.00 bits per heavy atom. The lowest BCUT2D eigenvalue weighted by atomic mass is 9.82. The number of aliphatic carboxylic acids is 1. The summed E-state index contributed by atoms with van der Waals surface area (Å²) in [5.74, 6) is -1.36. The van der Waals surface area contributed by atoms with E-state index < -0.39 is 11.9 Å². The van der Waals surface area contributed by atoms with Crippen molar-refractivity contribution in [1.82, 2.24) is 10.3 Å². The highest BCUT2D eigenvalue weighted by atomic mass is 32.1. The van der Waals surface area contributed by atoms with Gasteiger partial charge >= 0.3 is 5.97 Å². The molecule has 3 rings (SSSR count). The Kier molecular flexibility index (Phi) is 6.26. The van der Waals surface area contributed by atoms with Gasteiger partial charge in [-0.1, -0.05) is 38.1 Å². The van der Waals surface area contributed by atoms with E-state index in [1.54, 1.807) is 11.3 Å². The van der Waals surface area contributed by atoms with Gasteiger partial charge in [0.1, 0.15) is 0 Å². The second-order valence-corrected chi connectivity index (χ2v) is 8.65. The minimum Gasteiger partial charge on any atom is -0.481 e. The van der Waals surface area contributed by atoms with Gasteiger partial charge in [0.05, 0.1) is 27.1 Å². The quantitative estimate of drug-likeness (QED) is 0.699. The first-order valence-corrected chi connectivity index (χ1v) is 10.3. The normalized spacial score (nSPS) is 20.7. The first-order chi connectivity index (χ1) is 13.0. The number of aromatic nitrogens is 1. The van der Waals surface area contributed by atoms with Gasteiger partial charge in [0, 0.05) is 12.5 Å². The van der Waals surface area contributed by atoms with Crippen LogP contribution in [0.4, 0.5) is 0 Å². The molecule has 1 amide bonds. The van der Waals surface area contributed by atoms with Gasteiger partial charge in [0.2, 0.25) is 5.91 Å². The average molecular weight is 387 g/mol. The van der Waals surface area contributed by atoms with E-state index in [4.69, 9.17) is 4.98 Å². The summed E-state index contributed by atoms with van der Waals surface area (Å²) in [4.78, 5) is 29.0. The van der Waals surface area contributed by atoms with Gasteiger partial charge in [0.15, 0.2) is 0 Å². The Bertz CT molecular complexity index is 810. The molecule has 5 nitrogen and oxygen atoms in total. The molecule has 0 spiro atoms. The van der Waals surface area contributed by atoms with Crippen LogP contribution in [-0.4, -0.2) is 28.5 Å². The van der Waals surface area contributed by atoms with E-state index >= 15 is 0 Å². The Labute approximate surface area is 163 Å². The summed E-state index contributed by atoms with van der Waals surface area (Å²) in [5.41, 5.74) is 0.967. The molecule has 0 saturated heterocycles.